The Kier molecular flexibility index (Phi) is 5.20. The fourth-order valence-corrected chi connectivity index (χ4v) is 6.42. The van der Waals surface area contributed by atoms with Crippen molar-refractivity contribution in [2.45, 2.75) is 0 Å². The number of nitrogens with zero attached hydrogens (tertiary/aromatic N) is 2. The normalized spacial score (nSPS) is 11.7. The predicted octanol–water partition coefficient (Wildman–Crippen LogP) is 10.8. The first kappa shape index (κ1) is 23.9. The van der Waals surface area contributed by atoms with Crippen LogP contribution in [0.5, 0.6) is 0 Å². The van der Waals surface area contributed by atoms with E-state index in [-0.39, 0.29) is 0 Å². The molecule has 0 saturated carbocycles. The molecule has 0 aliphatic carbocycles. The molecule has 0 aliphatic rings. The van der Waals surface area contributed by atoms with E-state index < -0.39 is 0 Å². The molecule has 0 N–H and O–H groups in total. The topological polar surface area (TPSA) is 38.9 Å². The van der Waals surface area contributed by atoms with Gasteiger partial charge in [0.1, 0.15) is 11.2 Å². The quantitative estimate of drug-likeness (QED) is 0.163. The number of fused-ring (bicyclic) bond motifs is 7. The van der Waals surface area contributed by atoms with E-state index in [0.717, 1.165) is 50.0 Å². The van der Waals surface area contributed by atoms with E-state index in [2.05, 4.69) is 109 Å². The maximum atomic E-state index is 6.13. The first-order valence-corrected chi connectivity index (χ1v) is 14.5. The Morgan fingerprint density at radius 3 is 1.95 bits per heavy atom. The molecule has 0 spiro atoms. The van der Waals surface area contributed by atoms with Gasteiger partial charge in [0.05, 0.1) is 11.4 Å². The molecule has 0 unspecified atom stereocenters. The summed E-state index contributed by atoms with van der Waals surface area (Å²) in [7, 11) is 0. The fraction of sp³-hybridized carbons (Fsp3) is 0. The maximum absolute atomic E-state index is 6.13. The molecule has 0 bridgehead atoms. The molecule has 0 atom stereocenters. The summed E-state index contributed by atoms with van der Waals surface area (Å²) >= 11 is 0. The highest BCUT2D eigenvalue weighted by Gasteiger charge is 2.17. The standard InChI is InChI=1S/C40H24N2O/c1-2-11-26(12-3-1)40-41-35(28-19-21-38-34(23-28)31-16-8-9-17-37(31)43-38)24-36(42-40)39-30-15-7-5-13-27(30)22-33-29-14-6-4-10-25(29)18-20-32(33)39/h1-24H. The lowest BCUT2D eigenvalue weighted by atomic mass is 9.91. The molecule has 9 rings (SSSR count). The second-order valence-corrected chi connectivity index (χ2v) is 11.0. The van der Waals surface area contributed by atoms with Crippen molar-refractivity contribution in [2.75, 3.05) is 0 Å². The van der Waals surface area contributed by atoms with Gasteiger partial charge in [-0.05, 0) is 68.7 Å². The van der Waals surface area contributed by atoms with E-state index in [1.54, 1.807) is 0 Å². The van der Waals surface area contributed by atoms with Crippen LogP contribution in [0.3, 0.4) is 0 Å². The average Bonchev–Trinajstić information content (AvgIpc) is 3.45. The van der Waals surface area contributed by atoms with Crippen molar-refractivity contribution in [3.8, 4) is 33.9 Å². The number of furan rings is 1. The minimum Gasteiger partial charge on any atom is -0.456 e. The van der Waals surface area contributed by atoms with E-state index >= 15 is 0 Å². The molecular formula is C40H24N2O. The number of hydrogen-bond donors (Lipinski definition) is 0. The zero-order valence-corrected chi connectivity index (χ0v) is 23.2. The molecule has 200 valence electrons. The van der Waals surface area contributed by atoms with Crippen LogP contribution in [0, 0.1) is 0 Å². The molecule has 0 saturated heterocycles. The second-order valence-electron chi connectivity index (χ2n) is 11.0. The van der Waals surface area contributed by atoms with Gasteiger partial charge >= 0.3 is 0 Å². The largest absolute Gasteiger partial charge is 0.456 e. The van der Waals surface area contributed by atoms with Crippen LogP contribution in [0.25, 0.3) is 88.2 Å². The van der Waals surface area contributed by atoms with Crippen LogP contribution >= 0.6 is 0 Å². The summed E-state index contributed by atoms with van der Waals surface area (Å²) in [5.41, 5.74) is 6.66. The second kappa shape index (κ2) is 9.37. The van der Waals surface area contributed by atoms with Gasteiger partial charge in [-0.2, -0.15) is 0 Å². The molecule has 2 heterocycles. The van der Waals surface area contributed by atoms with Gasteiger partial charge in [-0.1, -0.05) is 109 Å². The van der Waals surface area contributed by atoms with Crippen molar-refractivity contribution in [1.82, 2.24) is 9.97 Å². The van der Waals surface area contributed by atoms with Gasteiger partial charge in [0, 0.05) is 27.5 Å². The Balaban J connectivity index is 1.37. The van der Waals surface area contributed by atoms with Crippen LogP contribution in [-0.4, -0.2) is 9.97 Å². The van der Waals surface area contributed by atoms with E-state index in [9.17, 15) is 0 Å². The van der Waals surface area contributed by atoms with Gasteiger partial charge in [-0.3, -0.25) is 0 Å². The summed E-state index contributed by atoms with van der Waals surface area (Å²) in [4.78, 5) is 10.4. The first-order chi connectivity index (χ1) is 21.3. The average molecular weight is 549 g/mol. The SMILES string of the molecule is c1ccc(-c2nc(-c3ccc4oc5ccccc5c4c3)cc(-c3c4ccccc4cc4c3ccc3ccccc34)n2)cc1. The molecule has 43 heavy (non-hydrogen) atoms. The smallest absolute Gasteiger partial charge is 0.160 e. The van der Waals surface area contributed by atoms with Crippen molar-refractivity contribution in [3.63, 3.8) is 0 Å². The van der Waals surface area contributed by atoms with E-state index in [1.165, 1.54) is 32.3 Å². The van der Waals surface area contributed by atoms with Crippen LogP contribution in [0.2, 0.25) is 0 Å². The summed E-state index contributed by atoms with van der Waals surface area (Å²) in [6, 6.07) is 50.9. The zero-order chi connectivity index (χ0) is 28.3. The van der Waals surface area contributed by atoms with Crippen LogP contribution in [0.4, 0.5) is 0 Å². The van der Waals surface area contributed by atoms with E-state index in [4.69, 9.17) is 14.4 Å². The molecule has 3 heteroatoms. The Morgan fingerprint density at radius 2 is 1.07 bits per heavy atom. The van der Waals surface area contributed by atoms with Crippen molar-refractivity contribution >= 4 is 54.3 Å². The Labute approximate surface area is 247 Å². The summed E-state index contributed by atoms with van der Waals surface area (Å²) in [6.45, 7) is 0. The van der Waals surface area contributed by atoms with Gasteiger partial charge in [-0.15, -0.1) is 0 Å². The third kappa shape index (κ3) is 3.83. The zero-order valence-electron chi connectivity index (χ0n) is 23.2. The molecular weight excluding hydrogens is 524 g/mol. The monoisotopic (exact) mass is 548 g/mol. The molecule has 0 fully saturated rings. The number of para-hydroxylation sites is 1. The molecule has 3 nitrogen and oxygen atoms in total. The third-order valence-electron chi connectivity index (χ3n) is 8.46. The van der Waals surface area contributed by atoms with Gasteiger partial charge in [-0.25, -0.2) is 9.97 Å². The molecule has 0 radical (unpaired) electrons. The maximum Gasteiger partial charge on any atom is 0.160 e. The van der Waals surface area contributed by atoms with Crippen LogP contribution < -0.4 is 0 Å². The fourth-order valence-electron chi connectivity index (χ4n) is 6.42. The Hall–Kier alpha value is -5.80. The summed E-state index contributed by atoms with van der Waals surface area (Å²) < 4.78 is 6.13. The lowest BCUT2D eigenvalue weighted by Crippen LogP contribution is -1.97. The number of rotatable bonds is 3. The highest BCUT2D eigenvalue weighted by atomic mass is 16.3. The minimum atomic E-state index is 0.701. The molecule has 7 aromatic carbocycles. The van der Waals surface area contributed by atoms with Crippen molar-refractivity contribution in [3.05, 3.63) is 146 Å². The van der Waals surface area contributed by atoms with Gasteiger partial charge < -0.3 is 4.42 Å². The lowest BCUT2D eigenvalue weighted by Gasteiger charge is -2.15. The van der Waals surface area contributed by atoms with Crippen molar-refractivity contribution < 1.29 is 4.42 Å². The van der Waals surface area contributed by atoms with Crippen molar-refractivity contribution in [2.24, 2.45) is 0 Å². The predicted molar refractivity (Wildman–Crippen MR) is 178 cm³/mol. The van der Waals surface area contributed by atoms with Crippen molar-refractivity contribution in [1.29, 1.82) is 0 Å². The minimum absolute atomic E-state index is 0.701. The summed E-state index contributed by atoms with van der Waals surface area (Å²) in [5.74, 6) is 0.701. The summed E-state index contributed by atoms with van der Waals surface area (Å²) in [6.07, 6.45) is 0. The van der Waals surface area contributed by atoms with Crippen LogP contribution in [0.1, 0.15) is 0 Å². The van der Waals surface area contributed by atoms with E-state index in [1.807, 2.05) is 36.4 Å². The van der Waals surface area contributed by atoms with Crippen LogP contribution in [0.15, 0.2) is 150 Å². The molecule has 9 aromatic rings. The highest BCUT2D eigenvalue weighted by Crippen LogP contribution is 2.40. The van der Waals surface area contributed by atoms with Gasteiger partial charge in [0.15, 0.2) is 5.82 Å². The lowest BCUT2D eigenvalue weighted by molar-refractivity contribution is 0.669. The van der Waals surface area contributed by atoms with Crippen LogP contribution in [-0.2, 0) is 0 Å². The first-order valence-electron chi connectivity index (χ1n) is 14.5. The molecule has 0 aliphatic heterocycles. The number of aromatic nitrogens is 2. The Morgan fingerprint density at radius 1 is 0.372 bits per heavy atom. The molecule has 0 amide bonds. The molecule has 2 aromatic heterocycles. The van der Waals surface area contributed by atoms with E-state index in [0.29, 0.717) is 5.82 Å². The summed E-state index contributed by atoms with van der Waals surface area (Å²) in [5, 5.41) is 9.41. The highest BCUT2D eigenvalue weighted by molar-refractivity contribution is 6.20. The third-order valence-corrected chi connectivity index (χ3v) is 8.46. The van der Waals surface area contributed by atoms with Gasteiger partial charge in [0.2, 0.25) is 0 Å². The Bertz CT molecular complexity index is 2510. The van der Waals surface area contributed by atoms with Gasteiger partial charge in [0.25, 0.3) is 0 Å². The number of hydrogen-bond acceptors (Lipinski definition) is 3. The number of benzene rings is 7.